The zero-order valence-electron chi connectivity index (χ0n) is 27.7. The Morgan fingerprint density at radius 3 is 1.55 bits per heavy atom. The normalized spacial score (nSPS) is 15.1. The minimum Gasteiger partial charge on any atom is -0.488 e. The Bertz CT molecular complexity index is 1930. The Hall–Kier alpha value is -5.52. The molecule has 6 aromatic rings. The molecule has 1 aliphatic heterocycles. The van der Waals surface area contributed by atoms with Crippen molar-refractivity contribution in [3.63, 3.8) is 0 Å². The molecule has 5 nitrogen and oxygen atoms in total. The lowest BCUT2D eigenvalue weighted by Gasteiger charge is -2.35. The van der Waals surface area contributed by atoms with Gasteiger partial charge in [0, 0.05) is 12.0 Å². The van der Waals surface area contributed by atoms with Crippen LogP contribution >= 0.6 is 0 Å². The van der Waals surface area contributed by atoms with E-state index in [1.165, 1.54) is 0 Å². The monoisotopic (exact) mass is 648 g/mol. The standard InChI is InChI=1S/C44H40O5/c1-32-24-40(46-29-34-16-8-3-9-17-34)38-27-43(48-31-36-20-12-5-13-21-36)44(49-41(38)25-32)37-22-23-39(45-28-33-14-6-2-7-15-33)42(26-37)47-30-35-18-10-4-11-19-35/h2-26,43-44H,27-31H2,1H3/t43?,44-/m1/s1. The molecule has 0 radical (unpaired) electrons. The van der Waals surface area contributed by atoms with E-state index in [9.17, 15) is 0 Å². The summed E-state index contributed by atoms with van der Waals surface area (Å²) in [6, 6.07) is 51.0. The quantitative estimate of drug-likeness (QED) is 0.125. The molecular formula is C44H40O5. The summed E-state index contributed by atoms with van der Waals surface area (Å²) in [5.74, 6) is 2.96. The van der Waals surface area contributed by atoms with Gasteiger partial charge in [0.1, 0.15) is 37.4 Å². The molecule has 0 aliphatic carbocycles. The molecule has 0 saturated carbocycles. The highest BCUT2D eigenvalue weighted by molar-refractivity contribution is 5.51. The first-order chi connectivity index (χ1) is 24.2. The van der Waals surface area contributed by atoms with Crippen LogP contribution in [0.3, 0.4) is 0 Å². The second-order valence-corrected chi connectivity index (χ2v) is 12.3. The molecule has 1 heterocycles. The molecular weight excluding hydrogens is 608 g/mol. The molecule has 6 aromatic carbocycles. The van der Waals surface area contributed by atoms with E-state index in [1.807, 2.05) is 84.9 Å². The van der Waals surface area contributed by atoms with E-state index in [0.29, 0.717) is 44.3 Å². The van der Waals surface area contributed by atoms with E-state index in [2.05, 4.69) is 73.7 Å². The van der Waals surface area contributed by atoms with E-state index in [-0.39, 0.29) is 12.2 Å². The Labute approximate surface area is 288 Å². The second-order valence-electron chi connectivity index (χ2n) is 12.3. The van der Waals surface area contributed by atoms with Crippen molar-refractivity contribution in [2.45, 2.75) is 52.0 Å². The third-order valence-electron chi connectivity index (χ3n) is 8.62. The van der Waals surface area contributed by atoms with Crippen molar-refractivity contribution in [3.8, 4) is 23.0 Å². The summed E-state index contributed by atoms with van der Waals surface area (Å²) in [5, 5.41) is 0. The van der Waals surface area contributed by atoms with Gasteiger partial charge >= 0.3 is 0 Å². The van der Waals surface area contributed by atoms with Crippen molar-refractivity contribution in [3.05, 3.63) is 191 Å². The van der Waals surface area contributed by atoms with Crippen LogP contribution < -0.4 is 18.9 Å². The number of ether oxygens (including phenoxy) is 5. The Morgan fingerprint density at radius 1 is 0.510 bits per heavy atom. The molecule has 0 amide bonds. The molecule has 246 valence electrons. The van der Waals surface area contributed by atoms with Crippen molar-refractivity contribution >= 4 is 0 Å². The number of hydrogen-bond donors (Lipinski definition) is 0. The number of fused-ring (bicyclic) bond motifs is 1. The minimum absolute atomic E-state index is 0.285. The van der Waals surface area contributed by atoms with Gasteiger partial charge < -0.3 is 23.7 Å². The molecule has 49 heavy (non-hydrogen) atoms. The van der Waals surface area contributed by atoms with Crippen LogP contribution in [0.5, 0.6) is 23.0 Å². The maximum Gasteiger partial charge on any atom is 0.162 e. The van der Waals surface area contributed by atoms with Crippen LogP contribution in [0.2, 0.25) is 0 Å². The second kappa shape index (κ2) is 15.6. The van der Waals surface area contributed by atoms with E-state index in [4.69, 9.17) is 23.7 Å². The molecule has 1 aliphatic rings. The molecule has 0 spiro atoms. The van der Waals surface area contributed by atoms with Gasteiger partial charge in [-0.25, -0.2) is 0 Å². The summed E-state index contributed by atoms with van der Waals surface area (Å²) < 4.78 is 32.8. The summed E-state index contributed by atoms with van der Waals surface area (Å²) in [7, 11) is 0. The largest absolute Gasteiger partial charge is 0.488 e. The molecule has 2 atom stereocenters. The third-order valence-corrected chi connectivity index (χ3v) is 8.62. The lowest BCUT2D eigenvalue weighted by Crippen LogP contribution is -2.33. The van der Waals surface area contributed by atoms with Gasteiger partial charge in [-0.15, -0.1) is 0 Å². The Kier molecular flexibility index (Phi) is 10.2. The van der Waals surface area contributed by atoms with E-state index in [0.717, 1.165) is 50.4 Å². The average Bonchev–Trinajstić information content (AvgIpc) is 3.16. The zero-order chi connectivity index (χ0) is 33.3. The fraction of sp³-hybridized carbons (Fsp3) is 0.182. The van der Waals surface area contributed by atoms with Gasteiger partial charge in [-0.1, -0.05) is 127 Å². The van der Waals surface area contributed by atoms with Crippen LogP contribution in [0.25, 0.3) is 0 Å². The fourth-order valence-corrected chi connectivity index (χ4v) is 6.05. The molecule has 0 fully saturated rings. The van der Waals surface area contributed by atoms with Crippen LogP contribution in [0.4, 0.5) is 0 Å². The van der Waals surface area contributed by atoms with E-state index < -0.39 is 0 Å². The SMILES string of the molecule is Cc1cc(OCc2ccccc2)c2c(c1)O[C@H](c1ccc(OCc3ccccc3)c(OCc3ccccc3)c1)C(OCc1ccccc1)C2. The van der Waals surface area contributed by atoms with Gasteiger partial charge in [-0.3, -0.25) is 0 Å². The number of benzene rings is 6. The molecule has 0 N–H and O–H groups in total. The summed E-state index contributed by atoms with van der Waals surface area (Å²) >= 11 is 0. The molecule has 7 rings (SSSR count). The topological polar surface area (TPSA) is 46.2 Å². The first-order valence-corrected chi connectivity index (χ1v) is 16.8. The van der Waals surface area contributed by atoms with Crippen molar-refractivity contribution in [2.75, 3.05) is 0 Å². The van der Waals surface area contributed by atoms with Crippen LogP contribution in [0, 0.1) is 6.92 Å². The first-order valence-electron chi connectivity index (χ1n) is 16.8. The minimum atomic E-state index is -0.387. The highest BCUT2D eigenvalue weighted by Gasteiger charge is 2.35. The van der Waals surface area contributed by atoms with Gasteiger partial charge in [-0.2, -0.15) is 0 Å². The summed E-state index contributed by atoms with van der Waals surface area (Å²) in [6.07, 6.45) is -0.0428. The summed E-state index contributed by atoms with van der Waals surface area (Å²) in [4.78, 5) is 0. The highest BCUT2D eigenvalue weighted by atomic mass is 16.5. The van der Waals surface area contributed by atoms with Crippen LogP contribution in [-0.4, -0.2) is 6.10 Å². The zero-order valence-corrected chi connectivity index (χ0v) is 27.7. The lowest BCUT2D eigenvalue weighted by molar-refractivity contribution is -0.0467. The van der Waals surface area contributed by atoms with Crippen LogP contribution in [-0.2, 0) is 37.6 Å². The Morgan fingerprint density at radius 2 is 1.00 bits per heavy atom. The van der Waals surface area contributed by atoms with Gasteiger partial charge in [0.15, 0.2) is 17.6 Å². The molecule has 1 unspecified atom stereocenters. The number of aryl methyl sites for hydroxylation is 1. The maximum absolute atomic E-state index is 6.88. The van der Waals surface area contributed by atoms with E-state index in [1.54, 1.807) is 0 Å². The van der Waals surface area contributed by atoms with Gasteiger partial charge in [0.05, 0.1) is 6.61 Å². The highest BCUT2D eigenvalue weighted by Crippen LogP contribution is 2.44. The predicted octanol–water partition coefficient (Wildman–Crippen LogP) is 9.99. The molecule has 5 heteroatoms. The van der Waals surface area contributed by atoms with Crippen LogP contribution in [0.1, 0.15) is 45.0 Å². The van der Waals surface area contributed by atoms with Crippen LogP contribution in [0.15, 0.2) is 152 Å². The molecule has 0 aromatic heterocycles. The summed E-state index contributed by atoms with van der Waals surface area (Å²) in [5.41, 5.74) is 7.41. The third kappa shape index (κ3) is 8.32. The predicted molar refractivity (Wildman–Crippen MR) is 192 cm³/mol. The Balaban J connectivity index is 1.20. The van der Waals surface area contributed by atoms with Crippen molar-refractivity contribution in [2.24, 2.45) is 0 Å². The average molecular weight is 649 g/mol. The first kappa shape index (κ1) is 32.0. The lowest BCUT2D eigenvalue weighted by atomic mass is 9.93. The number of hydrogen-bond acceptors (Lipinski definition) is 5. The smallest absolute Gasteiger partial charge is 0.162 e. The van der Waals surface area contributed by atoms with Gasteiger partial charge in [0.2, 0.25) is 0 Å². The number of rotatable bonds is 13. The van der Waals surface area contributed by atoms with Gasteiger partial charge in [0.25, 0.3) is 0 Å². The molecule has 0 saturated heterocycles. The van der Waals surface area contributed by atoms with Crippen molar-refractivity contribution in [1.82, 2.24) is 0 Å². The fourth-order valence-electron chi connectivity index (χ4n) is 6.05. The van der Waals surface area contributed by atoms with E-state index >= 15 is 0 Å². The summed E-state index contributed by atoms with van der Waals surface area (Å²) in [6.45, 7) is 3.85. The molecule has 0 bridgehead atoms. The van der Waals surface area contributed by atoms with Gasteiger partial charge in [-0.05, 0) is 64.6 Å². The maximum atomic E-state index is 6.88. The van der Waals surface area contributed by atoms with Crippen molar-refractivity contribution < 1.29 is 23.7 Å². The van der Waals surface area contributed by atoms with Crippen molar-refractivity contribution in [1.29, 1.82) is 0 Å².